The Balaban J connectivity index is 1.82. The van der Waals surface area contributed by atoms with Crippen molar-refractivity contribution in [2.45, 2.75) is 32.2 Å². The number of nitrogens with zero attached hydrogens (tertiary/aromatic N) is 1. The number of pyridine rings is 1. The Hall–Kier alpha value is -4.68. The maximum absolute atomic E-state index is 14.9. The zero-order valence-corrected chi connectivity index (χ0v) is 21.8. The molecule has 1 N–H and O–H groups in total. The molecule has 216 valence electrons. The Morgan fingerprint density at radius 3 is 2.20 bits per heavy atom. The van der Waals surface area contributed by atoms with E-state index in [1.165, 1.54) is 30.5 Å². The number of benzene rings is 2. The number of fused-ring (bicyclic) bond motifs is 1. The van der Waals surface area contributed by atoms with Crippen LogP contribution >= 0.6 is 0 Å². The highest BCUT2D eigenvalue weighted by Gasteiger charge is 2.43. The highest BCUT2D eigenvalue weighted by Crippen LogP contribution is 2.42. The third-order valence-electron chi connectivity index (χ3n) is 6.10. The number of hydrogen-bond acceptors (Lipinski definition) is 8. The molecule has 0 spiro atoms. The van der Waals surface area contributed by atoms with Crippen molar-refractivity contribution >= 4 is 17.8 Å². The van der Waals surface area contributed by atoms with Crippen LogP contribution in [-0.4, -0.2) is 49.0 Å². The van der Waals surface area contributed by atoms with E-state index in [2.05, 4.69) is 15.0 Å². The number of carbonyl (C=O) groups is 3. The first-order valence-corrected chi connectivity index (χ1v) is 12.4. The molecule has 1 aromatic heterocycles. The average Bonchev–Trinajstić information content (AvgIpc) is 2.93. The van der Waals surface area contributed by atoms with Gasteiger partial charge in [0, 0.05) is 18.2 Å². The average molecular weight is 576 g/mol. The lowest BCUT2D eigenvalue weighted by molar-refractivity contribution is -0.275. The smallest absolute Gasteiger partial charge is 0.491 e. The first-order valence-electron chi connectivity index (χ1n) is 12.4. The van der Waals surface area contributed by atoms with Crippen LogP contribution in [0.5, 0.6) is 11.5 Å². The quantitative estimate of drug-likeness (QED) is 0.297. The Morgan fingerprint density at radius 2 is 1.61 bits per heavy atom. The maximum Gasteiger partial charge on any atom is 0.573 e. The minimum Gasteiger partial charge on any atom is -0.491 e. The van der Waals surface area contributed by atoms with E-state index in [9.17, 15) is 31.9 Å². The van der Waals surface area contributed by atoms with Gasteiger partial charge in [0.1, 0.15) is 17.0 Å². The van der Waals surface area contributed by atoms with Crippen LogP contribution in [0.15, 0.2) is 54.7 Å². The molecule has 1 atom stereocenters. The van der Waals surface area contributed by atoms with Crippen LogP contribution in [-0.2, 0) is 15.0 Å². The zero-order valence-electron chi connectivity index (χ0n) is 21.8. The Labute approximate surface area is 231 Å². The summed E-state index contributed by atoms with van der Waals surface area (Å²) >= 11 is 0. The molecule has 0 saturated carbocycles. The van der Waals surface area contributed by atoms with Gasteiger partial charge in [-0.25, -0.2) is 14.0 Å². The first kappa shape index (κ1) is 29.3. The van der Waals surface area contributed by atoms with E-state index in [1.54, 1.807) is 26.0 Å². The van der Waals surface area contributed by atoms with Crippen LogP contribution in [0.25, 0.3) is 0 Å². The number of rotatable bonds is 8. The molecular weight excluding hydrogens is 552 g/mol. The first-order chi connectivity index (χ1) is 19.5. The van der Waals surface area contributed by atoms with Gasteiger partial charge in [-0.3, -0.25) is 9.78 Å². The number of alkyl halides is 3. The van der Waals surface area contributed by atoms with Gasteiger partial charge in [-0.2, -0.15) is 0 Å². The molecule has 0 saturated heterocycles. The van der Waals surface area contributed by atoms with Crippen molar-refractivity contribution in [2.24, 2.45) is 0 Å². The number of hydrogen-bond donors (Lipinski definition) is 1. The summed E-state index contributed by atoms with van der Waals surface area (Å²) in [4.78, 5) is 43.1. The van der Waals surface area contributed by atoms with Gasteiger partial charge in [0.05, 0.1) is 30.9 Å². The highest BCUT2D eigenvalue weighted by atomic mass is 19.4. The van der Waals surface area contributed by atoms with E-state index in [0.717, 1.165) is 12.1 Å². The summed E-state index contributed by atoms with van der Waals surface area (Å²) in [5.41, 5.74) is -1.71. The van der Waals surface area contributed by atoms with Gasteiger partial charge in [-0.05, 0) is 61.9 Å². The molecule has 1 amide bonds. The second kappa shape index (κ2) is 11.8. The van der Waals surface area contributed by atoms with Crippen LogP contribution in [0, 0.1) is 5.82 Å². The van der Waals surface area contributed by atoms with Crippen molar-refractivity contribution in [1.82, 2.24) is 10.3 Å². The van der Waals surface area contributed by atoms with Gasteiger partial charge in [-0.15, -0.1) is 13.2 Å². The lowest BCUT2D eigenvalue weighted by Crippen LogP contribution is -2.50. The summed E-state index contributed by atoms with van der Waals surface area (Å²) in [6, 6.07) is 9.57. The molecule has 2 heterocycles. The van der Waals surface area contributed by atoms with E-state index in [0.29, 0.717) is 0 Å². The van der Waals surface area contributed by atoms with Crippen molar-refractivity contribution in [3.05, 3.63) is 88.5 Å². The second-order valence-corrected chi connectivity index (χ2v) is 8.74. The van der Waals surface area contributed by atoms with Crippen molar-refractivity contribution in [1.29, 1.82) is 0 Å². The van der Waals surface area contributed by atoms with Crippen LogP contribution < -0.4 is 14.8 Å². The Morgan fingerprint density at radius 1 is 0.976 bits per heavy atom. The van der Waals surface area contributed by atoms with Crippen LogP contribution in [0.1, 0.15) is 62.6 Å². The van der Waals surface area contributed by atoms with Gasteiger partial charge in [0.2, 0.25) is 0 Å². The number of esters is 2. The normalized spacial score (nSPS) is 16.1. The topological polar surface area (TPSA) is 113 Å². The summed E-state index contributed by atoms with van der Waals surface area (Å²) in [5, 5.41) is 2.80. The zero-order chi connectivity index (χ0) is 29.8. The number of carbonyl (C=O) groups excluding carboxylic acids is 3. The predicted molar refractivity (Wildman–Crippen MR) is 134 cm³/mol. The molecule has 41 heavy (non-hydrogen) atoms. The van der Waals surface area contributed by atoms with Crippen LogP contribution in [0.3, 0.4) is 0 Å². The lowest BCUT2D eigenvalue weighted by Gasteiger charge is -2.39. The summed E-state index contributed by atoms with van der Waals surface area (Å²) < 4.78 is 72.6. The number of halogens is 4. The largest absolute Gasteiger partial charge is 0.573 e. The molecule has 2 aromatic carbocycles. The van der Waals surface area contributed by atoms with Crippen molar-refractivity contribution in [3.63, 3.8) is 0 Å². The van der Waals surface area contributed by atoms with E-state index < -0.39 is 41.3 Å². The van der Waals surface area contributed by atoms with Crippen molar-refractivity contribution in [2.75, 3.05) is 19.8 Å². The minimum absolute atomic E-state index is 0.00394. The monoisotopic (exact) mass is 576 g/mol. The van der Waals surface area contributed by atoms with Gasteiger partial charge < -0.3 is 24.3 Å². The summed E-state index contributed by atoms with van der Waals surface area (Å²) in [7, 11) is 0. The Kier molecular flexibility index (Phi) is 8.45. The molecule has 0 aliphatic carbocycles. The maximum atomic E-state index is 14.9. The summed E-state index contributed by atoms with van der Waals surface area (Å²) in [6.45, 7) is 3.27. The van der Waals surface area contributed by atoms with E-state index >= 15 is 0 Å². The number of nitrogens with one attached hydrogen (secondary N) is 1. The number of aromatic nitrogens is 1. The van der Waals surface area contributed by atoms with E-state index in [4.69, 9.17) is 14.2 Å². The lowest BCUT2D eigenvalue weighted by atomic mass is 9.81. The summed E-state index contributed by atoms with van der Waals surface area (Å²) in [5.74, 6) is -4.52. The Bertz CT molecular complexity index is 1440. The van der Waals surface area contributed by atoms with Crippen LogP contribution in [0.2, 0.25) is 0 Å². The molecule has 1 aliphatic heterocycles. The molecule has 1 aliphatic rings. The minimum atomic E-state index is -5.12. The molecule has 4 rings (SSSR count). The van der Waals surface area contributed by atoms with Gasteiger partial charge in [0.15, 0.2) is 11.6 Å². The van der Waals surface area contributed by atoms with E-state index in [-0.39, 0.29) is 59.9 Å². The second-order valence-electron chi connectivity index (χ2n) is 8.74. The third-order valence-corrected chi connectivity index (χ3v) is 6.10. The highest BCUT2D eigenvalue weighted by molar-refractivity contribution is 6.02. The SMILES string of the molecule is CCOC(=O)c1cc(C(=O)NC2(c3ccc(OC(F)(F)F)c(F)c3)CCOc3cccnc32)cc(C(=O)OCC)c1. The summed E-state index contributed by atoms with van der Waals surface area (Å²) in [6.07, 6.45) is -3.71. The molecule has 9 nitrogen and oxygen atoms in total. The fourth-order valence-corrected chi connectivity index (χ4v) is 4.40. The van der Waals surface area contributed by atoms with Gasteiger partial charge in [0.25, 0.3) is 5.91 Å². The number of amides is 1. The van der Waals surface area contributed by atoms with E-state index in [1.807, 2.05) is 0 Å². The molecule has 0 fully saturated rings. The molecule has 13 heteroatoms. The standard InChI is InChI=1S/C28H24F4N2O7/c1-3-38-25(36)17-12-16(13-18(14-17)26(37)39-4-2)24(35)34-27(9-11-40-22-6-5-10-33-23(22)27)19-7-8-21(20(29)15-19)41-28(30,31)32/h5-8,10,12-15H,3-4,9,11H2,1-2H3,(H,34,35). The van der Waals surface area contributed by atoms with Crippen molar-refractivity contribution < 1.29 is 50.9 Å². The van der Waals surface area contributed by atoms with Gasteiger partial charge in [-0.1, -0.05) is 6.07 Å². The fourth-order valence-electron chi connectivity index (χ4n) is 4.40. The third kappa shape index (κ3) is 6.39. The van der Waals surface area contributed by atoms with Crippen molar-refractivity contribution in [3.8, 4) is 11.5 Å². The predicted octanol–water partition coefficient (Wildman–Crippen LogP) is 4.93. The molecular formula is C28H24F4N2O7. The number of ether oxygens (including phenoxy) is 4. The molecule has 0 bridgehead atoms. The van der Waals surface area contributed by atoms with Crippen LogP contribution in [0.4, 0.5) is 17.6 Å². The van der Waals surface area contributed by atoms with Gasteiger partial charge >= 0.3 is 18.3 Å². The molecule has 3 aromatic rings. The molecule has 0 radical (unpaired) electrons. The fraction of sp³-hybridized carbons (Fsp3) is 0.286. The molecule has 1 unspecified atom stereocenters.